The van der Waals surface area contributed by atoms with Gasteiger partial charge in [0.15, 0.2) is 0 Å². The number of halogens is 3. The molecule has 1 atom stereocenters. The number of thioether (sulfide) groups is 1. The van der Waals surface area contributed by atoms with Crippen LogP contribution in [0, 0.1) is 0 Å². The van der Waals surface area contributed by atoms with E-state index in [4.69, 9.17) is 0 Å². The average molecular weight is 261 g/mol. The highest BCUT2D eigenvalue weighted by Gasteiger charge is 2.53. The Kier molecular flexibility index (Phi) is 3.06. The van der Waals surface area contributed by atoms with Gasteiger partial charge in [-0.25, -0.2) is 0 Å². The third-order valence-electron chi connectivity index (χ3n) is 2.41. The summed E-state index contributed by atoms with van der Waals surface area (Å²) in [6.45, 7) is 0. The van der Waals surface area contributed by atoms with Crippen molar-refractivity contribution in [2.45, 2.75) is 34.9 Å². The summed E-state index contributed by atoms with van der Waals surface area (Å²) in [4.78, 5) is -3.16. The van der Waals surface area contributed by atoms with Crippen LogP contribution < -0.4 is 0 Å². The minimum absolute atomic E-state index is 0.618. The summed E-state index contributed by atoms with van der Waals surface area (Å²) in [5.74, 6) is 0. The van der Waals surface area contributed by atoms with Gasteiger partial charge in [-0.3, -0.25) is 0 Å². The summed E-state index contributed by atoms with van der Waals surface area (Å²) >= 11 is 3.53. The Bertz CT molecular complexity index is 162. The molecule has 0 bridgehead atoms. The first kappa shape index (κ1) is 10.7. The van der Waals surface area contributed by atoms with Gasteiger partial charge in [0.2, 0.25) is 0 Å². The molecule has 0 amide bonds. The number of alkyl halides is 3. The number of aliphatic hydroxyl groups excluding tert-OH is 1. The van der Waals surface area contributed by atoms with E-state index < -0.39 is 15.7 Å². The number of rotatable bonds is 3. The van der Waals surface area contributed by atoms with Crippen molar-refractivity contribution in [3.8, 4) is 0 Å². The fourth-order valence-electron chi connectivity index (χ4n) is 1.41. The van der Waals surface area contributed by atoms with Gasteiger partial charge in [-0.15, -0.1) is 0 Å². The molecule has 0 aromatic rings. The zero-order chi connectivity index (χ0) is 9.41. The molecule has 1 N–H and O–H groups in total. The van der Waals surface area contributed by atoms with E-state index in [1.165, 1.54) is 11.8 Å². The summed E-state index contributed by atoms with van der Waals surface area (Å²) in [6.07, 6.45) is 2.48. The quantitative estimate of drug-likeness (QED) is 0.788. The van der Waals surface area contributed by atoms with E-state index in [9.17, 15) is 13.9 Å². The maximum Gasteiger partial charge on any atom is 0.328 e. The van der Waals surface area contributed by atoms with Gasteiger partial charge < -0.3 is 5.11 Å². The lowest BCUT2D eigenvalue weighted by Crippen LogP contribution is -2.52. The Hall–Kier alpha value is 0.650. The smallest absolute Gasteiger partial charge is 0.328 e. The predicted octanol–water partition coefficient (Wildman–Crippen LogP) is 2.62. The normalized spacial score (nSPS) is 24.8. The van der Waals surface area contributed by atoms with Crippen molar-refractivity contribution >= 4 is 27.7 Å². The zero-order valence-corrected chi connectivity index (χ0v) is 9.09. The number of hydrogen-bond donors (Lipinski definition) is 1. The molecule has 0 aromatic carbocycles. The highest BCUT2D eigenvalue weighted by molar-refractivity contribution is 9.10. The van der Waals surface area contributed by atoms with Gasteiger partial charge in [0, 0.05) is 4.75 Å². The molecule has 1 aliphatic carbocycles. The van der Waals surface area contributed by atoms with Gasteiger partial charge in [-0.05, 0) is 35.0 Å². The van der Waals surface area contributed by atoms with Crippen LogP contribution in [-0.4, -0.2) is 27.0 Å². The van der Waals surface area contributed by atoms with E-state index in [1.807, 2.05) is 0 Å². The molecule has 72 valence electrons. The molecule has 1 aliphatic rings. The van der Waals surface area contributed by atoms with Crippen LogP contribution in [0.4, 0.5) is 8.78 Å². The van der Waals surface area contributed by atoms with E-state index in [0.717, 1.165) is 6.42 Å². The summed E-state index contributed by atoms with van der Waals surface area (Å²) in [6, 6.07) is 0. The molecule has 1 saturated carbocycles. The van der Waals surface area contributed by atoms with Crippen molar-refractivity contribution in [2.24, 2.45) is 0 Å². The van der Waals surface area contributed by atoms with Crippen molar-refractivity contribution in [3.63, 3.8) is 0 Å². The number of aliphatic hydroxyl groups is 1. The summed E-state index contributed by atoms with van der Waals surface area (Å²) in [5.41, 5.74) is 0. The second-order valence-electron chi connectivity index (χ2n) is 3.07. The fraction of sp³-hybridized carbons (Fsp3) is 1.00. The van der Waals surface area contributed by atoms with Crippen molar-refractivity contribution in [1.29, 1.82) is 0 Å². The topological polar surface area (TPSA) is 20.2 Å². The predicted molar refractivity (Wildman–Crippen MR) is 50.0 cm³/mol. The number of hydrogen-bond acceptors (Lipinski definition) is 2. The summed E-state index contributed by atoms with van der Waals surface area (Å²) in [7, 11) is 0. The van der Waals surface area contributed by atoms with Crippen LogP contribution in [0.2, 0.25) is 0 Å². The fourth-order valence-corrected chi connectivity index (χ4v) is 3.07. The van der Waals surface area contributed by atoms with Crippen LogP contribution in [0.5, 0.6) is 0 Å². The highest BCUT2D eigenvalue weighted by Crippen LogP contribution is 2.50. The molecule has 0 aromatic heterocycles. The molecule has 1 fully saturated rings. The molecule has 0 saturated heterocycles. The second-order valence-corrected chi connectivity index (χ2v) is 5.35. The van der Waals surface area contributed by atoms with Crippen molar-refractivity contribution in [2.75, 3.05) is 6.26 Å². The lowest BCUT2D eigenvalue weighted by Gasteiger charge is -2.45. The standard InChI is InChI=1S/C7H11BrF2OS/c1-12-6(3-2-4-6)5(11)7(8,9)10/h5,11H,2-4H2,1H3. The maximum atomic E-state index is 12.7. The molecule has 12 heavy (non-hydrogen) atoms. The SMILES string of the molecule is CSC1(C(O)C(F)(F)Br)CCC1. The molecule has 1 unspecified atom stereocenters. The lowest BCUT2D eigenvalue weighted by atomic mass is 9.80. The van der Waals surface area contributed by atoms with E-state index in [-0.39, 0.29) is 0 Å². The second kappa shape index (κ2) is 3.42. The molecule has 0 heterocycles. The monoisotopic (exact) mass is 260 g/mol. The van der Waals surface area contributed by atoms with Crippen molar-refractivity contribution < 1.29 is 13.9 Å². The third kappa shape index (κ3) is 1.77. The van der Waals surface area contributed by atoms with Crippen LogP contribution in [0.1, 0.15) is 19.3 Å². The minimum atomic E-state index is -3.16. The molecule has 1 rings (SSSR count). The largest absolute Gasteiger partial charge is 0.384 e. The van der Waals surface area contributed by atoms with Crippen LogP contribution in [0.25, 0.3) is 0 Å². The Morgan fingerprint density at radius 1 is 1.58 bits per heavy atom. The Morgan fingerprint density at radius 3 is 2.17 bits per heavy atom. The first-order valence-electron chi connectivity index (χ1n) is 3.72. The lowest BCUT2D eigenvalue weighted by molar-refractivity contribution is -0.0638. The Labute approximate surface area is 83.0 Å². The molecule has 0 radical (unpaired) electrons. The average Bonchev–Trinajstić information content (AvgIpc) is 1.84. The van der Waals surface area contributed by atoms with E-state index in [0.29, 0.717) is 12.8 Å². The van der Waals surface area contributed by atoms with Crippen LogP contribution in [-0.2, 0) is 0 Å². The van der Waals surface area contributed by atoms with Gasteiger partial charge in [-0.1, -0.05) is 6.42 Å². The highest BCUT2D eigenvalue weighted by atomic mass is 79.9. The molecular weight excluding hydrogens is 250 g/mol. The molecule has 0 aliphatic heterocycles. The van der Waals surface area contributed by atoms with Crippen LogP contribution in [0.15, 0.2) is 0 Å². The molecule has 5 heteroatoms. The van der Waals surface area contributed by atoms with Crippen molar-refractivity contribution in [1.82, 2.24) is 0 Å². The molecule has 0 spiro atoms. The van der Waals surface area contributed by atoms with Crippen LogP contribution >= 0.6 is 27.7 Å². The molecular formula is C7H11BrF2OS. The van der Waals surface area contributed by atoms with Gasteiger partial charge in [0.1, 0.15) is 6.10 Å². The van der Waals surface area contributed by atoms with Gasteiger partial charge in [0.25, 0.3) is 0 Å². The van der Waals surface area contributed by atoms with E-state index >= 15 is 0 Å². The van der Waals surface area contributed by atoms with Gasteiger partial charge >= 0.3 is 4.83 Å². The van der Waals surface area contributed by atoms with Gasteiger partial charge in [0.05, 0.1) is 0 Å². The van der Waals surface area contributed by atoms with Gasteiger partial charge in [-0.2, -0.15) is 20.5 Å². The van der Waals surface area contributed by atoms with E-state index in [1.54, 1.807) is 6.26 Å². The Morgan fingerprint density at radius 2 is 2.08 bits per heavy atom. The Balaban J connectivity index is 2.67. The summed E-state index contributed by atoms with van der Waals surface area (Å²) in [5, 5.41) is 9.34. The van der Waals surface area contributed by atoms with E-state index in [2.05, 4.69) is 15.9 Å². The first-order chi connectivity index (χ1) is 5.42. The third-order valence-corrected chi connectivity index (χ3v) is 4.29. The van der Waals surface area contributed by atoms with Crippen LogP contribution in [0.3, 0.4) is 0 Å². The molecule has 1 nitrogen and oxygen atoms in total. The first-order valence-corrected chi connectivity index (χ1v) is 5.74. The minimum Gasteiger partial charge on any atom is -0.384 e. The summed E-state index contributed by atoms with van der Waals surface area (Å²) < 4.78 is 24.7. The maximum absolute atomic E-state index is 12.7. The zero-order valence-electron chi connectivity index (χ0n) is 6.69. The van der Waals surface area contributed by atoms with Crippen molar-refractivity contribution in [3.05, 3.63) is 0 Å².